The van der Waals surface area contributed by atoms with Gasteiger partial charge in [0.1, 0.15) is 12.2 Å². The second-order valence-electron chi connectivity index (χ2n) is 5.40. The van der Waals surface area contributed by atoms with E-state index < -0.39 is 0 Å². The standard InChI is InChI=1S/C12H24N4O/c1-10(2)13-8-11-14-9-15-16(11)6-7-17-12(3,4)5/h9-10,13H,6-8H2,1-5H3. The zero-order valence-corrected chi connectivity index (χ0v) is 11.5. The molecule has 0 aliphatic heterocycles. The molecule has 1 N–H and O–H groups in total. The van der Waals surface area contributed by atoms with Crippen molar-refractivity contribution in [2.45, 2.75) is 59.4 Å². The Balaban J connectivity index is 2.40. The second-order valence-corrected chi connectivity index (χ2v) is 5.40. The maximum Gasteiger partial charge on any atom is 0.140 e. The summed E-state index contributed by atoms with van der Waals surface area (Å²) in [6.45, 7) is 12.5. The van der Waals surface area contributed by atoms with Gasteiger partial charge >= 0.3 is 0 Å². The van der Waals surface area contributed by atoms with Gasteiger partial charge in [0, 0.05) is 6.04 Å². The van der Waals surface area contributed by atoms with Gasteiger partial charge in [-0.1, -0.05) is 13.8 Å². The fraction of sp³-hybridized carbons (Fsp3) is 0.833. The highest BCUT2D eigenvalue weighted by molar-refractivity contribution is 4.84. The Morgan fingerprint density at radius 2 is 2.12 bits per heavy atom. The topological polar surface area (TPSA) is 52.0 Å². The van der Waals surface area contributed by atoms with Gasteiger partial charge in [-0.2, -0.15) is 5.10 Å². The van der Waals surface area contributed by atoms with Crippen LogP contribution < -0.4 is 5.32 Å². The third-order valence-electron chi connectivity index (χ3n) is 2.20. The van der Waals surface area contributed by atoms with Gasteiger partial charge in [-0.25, -0.2) is 9.67 Å². The molecule has 1 rings (SSSR count). The first-order valence-electron chi connectivity index (χ1n) is 6.12. The molecule has 0 saturated heterocycles. The number of hydrogen-bond donors (Lipinski definition) is 1. The molecule has 0 aliphatic carbocycles. The number of nitrogens with one attached hydrogen (secondary N) is 1. The smallest absolute Gasteiger partial charge is 0.140 e. The van der Waals surface area contributed by atoms with E-state index in [2.05, 4.69) is 50.0 Å². The monoisotopic (exact) mass is 240 g/mol. The summed E-state index contributed by atoms with van der Waals surface area (Å²) < 4.78 is 7.56. The lowest BCUT2D eigenvalue weighted by molar-refractivity contribution is -0.00823. The first kappa shape index (κ1) is 14.1. The Morgan fingerprint density at radius 3 is 2.71 bits per heavy atom. The quantitative estimate of drug-likeness (QED) is 0.820. The summed E-state index contributed by atoms with van der Waals surface area (Å²) in [7, 11) is 0. The highest BCUT2D eigenvalue weighted by atomic mass is 16.5. The summed E-state index contributed by atoms with van der Waals surface area (Å²) in [6.07, 6.45) is 1.59. The lowest BCUT2D eigenvalue weighted by atomic mass is 10.2. The first-order chi connectivity index (χ1) is 7.88. The van der Waals surface area contributed by atoms with E-state index >= 15 is 0 Å². The van der Waals surface area contributed by atoms with E-state index in [1.54, 1.807) is 6.33 Å². The SMILES string of the molecule is CC(C)NCc1ncnn1CCOC(C)(C)C. The molecule has 0 saturated carbocycles. The minimum Gasteiger partial charge on any atom is -0.374 e. The highest BCUT2D eigenvalue weighted by Crippen LogP contribution is 2.06. The van der Waals surface area contributed by atoms with Crippen molar-refractivity contribution in [2.24, 2.45) is 0 Å². The lowest BCUT2D eigenvalue weighted by Crippen LogP contribution is -2.26. The summed E-state index contributed by atoms with van der Waals surface area (Å²) in [5.74, 6) is 0.955. The van der Waals surface area contributed by atoms with Crippen LogP contribution in [0.5, 0.6) is 0 Å². The van der Waals surface area contributed by atoms with Gasteiger partial charge in [0.05, 0.1) is 25.3 Å². The van der Waals surface area contributed by atoms with Gasteiger partial charge in [0.2, 0.25) is 0 Å². The largest absolute Gasteiger partial charge is 0.374 e. The molecule has 0 bridgehead atoms. The predicted octanol–water partition coefficient (Wildman–Crippen LogP) is 1.59. The van der Waals surface area contributed by atoms with Crippen molar-refractivity contribution in [1.82, 2.24) is 20.1 Å². The van der Waals surface area contributed by atoms with Crippen LogP contribution in [-0.4, -0.2) is 33.0 Å². The van der Waals surface area contributed by atoms with Crippen molar-refractivity contribution < 1.29 is 4.74 Å². The summed E-state index contributed by atoms with van der Waals surface area (Å²) in [6, 6.07) is 0.450. The normalized spacial score (nSPS) is 12.4. The first-order valence-corrected chi connectivity index (χ1v) is 6.12. The molecule has 0 fully saturated rings. The average Bonchev–Trinajstić information content (AvgIpc) is 2.60. The molecule has 0 atom stereocenters. The maximum absolute atomic E-state index is 5.67. The molecule has 17 heavy (non-hydrogen) atoms. The van der Waals surface area contributed by atoms with E-state index in [4.69, 9.17) is 4.74 Å². The van der Waals surface area contributed by atoms with Crippen LogP contribution in [0.15, 0.2) is 6.33 Å². The molecule has 98 valence electrons. The number of ether oxygens (including phenoxy) is 1. The zero-order valence-electron chi connectivity index (χ0n) is 11.5. The number of aromatic nitrogens is 3. The Bertz CT molecular complexity index is 327. The van der Waals surface area contributed by atoms with Crippen molar-refractivity contribution in [2.75, 3.05) is 6.61 Å². The second kappa shape index (κ2) is 6.12. The number of hydrogen-bond acceptors (Lipinski definition) is 4. The van der Waals surface area contributed by atoms with Crippen molar-refractivity contribution in [3.63, 3.8) is 0 Å². The van der Waals surface area contributed by atoms with E-state index in [1.807, 2.05) is 4.68 Å². The minimum atomic E-state index is -0.100. The maximum atomic E-state index is 5.67. The third-order valence-corrected chi connectivity index (χ3v) is 2.20. The van der Waals surface area contributed by atoms with Crippen LogP contribution in [0.2, 0.25) is 0 Å². The average molecular weight is 240 g/mol. The van der Waals surface area contributed by atoms with Crippen molar-refractivity contribution >= 4 is 0 Å². The van der Waals surface area contributed by atoms with Gasteiger partial charge in [-0.05, 0) is 20.8 Å². The molecule has 0 aromatic carbocycles. The predicted molar refractivity (Wildman–Crippen MR) is 67.7 cm³/mol. The highest BCUT2D eigenvalue weighted by Gasteiger charge is 2.10. The van der Waals surface area contributed by atoms with Gasteiger partial charge in [-0.3, -0.25) is 0 Å². The third kappa shape index (κ3) is 5.79. The fourth-order valence-electron chi connectivity index (χ4n) is 1.35. The molecule has 0 radical (unpaired) electrons. The van der Waals surface area contributed by atoms with Crippen LogP contribution in [-0.2, 0) is 17.8 Å². The minimum absolute atomic E-state index is 0.100. The summed E-state index contributed by atoms with van der Waals surface area (Å²) in [5.41, 5.74) is -0.100. The molecule has 0 aliphatic rings. The zero-order chi connectivity index (χ0) is 12.9. The summed E-state index contributed by atoms with van der Waals surface area (Å²) in [5, 5.41) is 7.53. The Labute approximate surface area is 104 Å². The van der Waals surface area contributed by atoms with Crippen molar-refractivity contribution in [1.29, 1.82) is 0 Å². The fourth-order valence-corrected chi connectivity index (χ4v) is 1.35. The Kier molecular flexibility index (Phi) is 5.08. The van der Waals surface area contributed by atoms with Gasteiger partial charge in [0.15, 0.2) is 0 Å². The molecule has 0 unspecified atom stereocenters. The molecule has 5 nitrogen and oxygen atoms in total. The van der Waals surface area contributed by atoms with Gasteiger partial charge < -0.3 is 10.1 Å². The molecule has 1 aromatic rings. The molecule has 1 aromatic heterocycles. The van der Waals surface area contributed by atoms with Gasteiger partial charge in [-0.15, -0.1) is 0 Å². The number of nitrogens with zero attached hydrogens (tertiary/aromatic N) is 3. The Morgan fingerprint density at radius 1 is 1.41 bits per heavy atom. The van der Waals surface area contributed by atoms with Gasteiger partial charge in [0.25, 0.3) is 0 Å². The van der Waals surface area contributed by atoms with E-state index in [0.29, 0.717) is 12.6 Å². The summed E-state index contributed by atoms with van der Waals surface area (Å²) >= 11 is 0. The molecule has 5 heteroatoms. The molecule has 0 amide bonds. The van der Waals surface area contributed by atoms with Crippen molar-refractivity contribution in [3.8, 4) is 0 Å². The van der Waals surface area contributed by atoms with E-state index in [-0.39, 0.29) is 5.60 Å². The molecular formula is C12H24N4O. The van der Waals surface area contributed by atoms with Crippen LogP contribution >= 0.6 is 0 Å². The van der Waals surface area contributed by atoms with E-state index in [1.165, 1.54) is 0 Å². The molecular weight excluding hydrogens is 216 g/mol. The van der Waals surface area contributed by atoms with Crippen LogP contribution in [0.4, 0.5) is 0 Å². The summed E-state index contributed by atoms with van der Waals surface area (Å²) in [4.78, 5) is 4.24. The van der Waals surface area contributed by atoms with Crippen LogP contribution in [0.3, 0.4) is 0 Å². The van der Waals surface area contributed by atoms with Crippen LogP contribution in [0.1, 0.15) is 40.4 Å². The lowest BCUT2D eigenvalue weighted by Gasteiger charge is -2.19. The molecule has 1 heterocycles. The van der Waals surface area contributed by atoms with Crippen LogP contribution in [0.25, 0.3) is 0 Å². The molecule has 0 spiro atoms. The van der Waals surface area contributed by atoms with Crippen molar-refractivity contribution in [3.05, 3.63) is 12.2 Å². The van der Waals surface area contributed by atoms with E-state index in [0.717, 1.165) is 18.9 Å². The number of rotatable bonds is 6. The Hall–Kier alpha value is -0.940. The van der Waals surface area contributed by atoms with E-state index in [9.17, 15) is 0 Å². The van der Waals surface area contributed by atoms with Crippen LogP contribution in [0, 0.1) is 0 Å².